The van der Waals surface area contributed by atoms with Gasteiger partial charge in [-0.05, 0) is 42.0 Å². The molecule has 0 N–H and O–H groups in total. The van der Waals surface area contributed by atoms with E-state index < -0.39 is 4.92 Å². The standard InChI is InChI=1S/C21H18N4O3/c1-2-24(19-12-7-15-5-3-4-6-17(15)13-19)14-20-22-21(23-28-20)16-8-10-18(11-9-16)25(26)27/h3-13H,2,14H2,1H3. The predicted molar refractivity (Wildman–Crippen MR) is 107 cm³/mol. The average molecular weight is 374 g/mol. The lowest BCUT2D eigenvalue weighted by Crippen LogP contribution is -2.22. The number of anilines is 1. The van der Waals surface area contributed by atoms with Gasteiger partial charge in [-0.25, -0.2) is 0 Å². The molecule has 1 heterocycles. The molecular formula is C21H18N4O3. The van der Waals surface area contributed by atoms with Crippen LogP contribution in [0.3, 0.4) is 0 Å². The van der Waals surface area contributed by atoms with Crippen molar-refractivity contribution >= 4 is 22.1 Å². The first-order valence-electron chi connectivity index (χ1n) is 8.95. The quantitative estimate of drug-likeness (QED) is 0.355. The summed E-state index contributed by atoms with van der Waals surface area (Å²) < 4.78 is 5.40. The van der Waals surface area contributed by atoms with Crippen LogP contribution in [0.15, 0.2) is 71.3 Å². The molecular weight excluding hydrogens is 356 g/mol. The maximum atomic E-state index is 10.8. The largest absolute Gasteiger partial charge is 0.362 e. The summed E-state index contributed by atoms with van der Waals surface area (Å²) in [5, 5.41) is 17.2. The van der Waals surface area contributed by atoms with Crippen LogP contribution in [0.25, 0.3) is 22.2 Å². The van der Waals surface area contributed by atoms with Gasteiger partial charge in [-0.2, -0.15) is 4.98 Å². The molecule has 4 aromatic rings. The van der Waals surface area contributed by atoms with Crippen molar-refractivity contribution < 1.29 is 9.45 Å². The molecule has 0 fully saturated rings. The van der Waals surface area contributed by atoms with E-state index >= 15 is 0 Å². The van der Waals surface area contributed by atoms with Crippen molar-refractivity contribution in [2.75, 3.05) is 11.4 Å². The highest BCUT2D eigenvalue weighted by Crippen LogP contribution is 2.24. The smallest absolute Gasteiger partial charge is 0.269 e. The molecule has 0 saturated heterocycles. The minimum Gasteiger partial charge on any atom is -0.362 e. The fourth-order valence-corrected chi connectivity index (χ4v) is 3.09. The van der Waals surface area contributed by atoms with Crippen LogP contribution in [0.5, 0.6) is 0 Å². The summed E-state index contributed by atoms with van der Waals surface area (Å²) in [6.07, 6.45) is 0. The fraction of sp³-hybridized carbons (Fsp3) is 0.143. The number of hydrogen-bond donors (Lipinski definition) is 0. The highest BCUT2D eigenvalue weighted by Gasteiger charge is 2.14. The maximum absolute atomic E-state index is 10.8. The zero-order chi connectivity index (χ0) is 19.5. The summed E-state index contributed by atoms with van der Waals surface area (Å²) >= 11 is 0. The molecule has 0 bridgehead atoms. The van der Waals surface area contributed by atoms with E-state index in [2.05, 4.69) is 52.3 Å². The van der Waals surface area contributed by atoms with Crippen molar-refractivity contribution in [3.63, 3.8) is 0 Å². The van der Waals surface area contributed by atoms with Gasteiger partial charge in [0.15, 0.2) is 0 Å². The number of nitrogens with zero attached hydrogens (tertiary/aromatic N) is 4. The molecule has 140 valence electrons. The first kappa shape index (κ1) is 17.7. The van der Waals surface area contributed by atoms with Crippen LogP contribution >= 0.6 is 0 Å². The SMILES string of the molecule is CCN(Cc1nc(-c2ccc([N+](=O)[O-])cc2)no1)c1ccc2ccccc2c1. The summed E-state index contributed by atoms with van der Waals surface area (Å²) in [6.45, 7) is 3.34. The van der Waals surface area contributed by atoms with Gasteiger partial charge in [-0.15, -0.1) is 0 Å². The van der Waals surface area contributed by atoms with Gasteiger partial charge in [0, 0.05) is 29.9 Å². The predicted octanol–water partition coefficient (Wildman–Crippen LogP) is 4.82. The summed E-state index contributed by atoms with van der Waals surface area (Å²) in [5.74, 6) is 0.905. The molecule has 0 aliphatic heterocycles. The van der Waals surface area contributed by atoms with Gasteiger partial charge in [0.05, 0.1) is 11.5 Å². The van der Waals surface area contributed by atoms with Crippen LogP contribution in [0.1, 0.15) is 12.8 Å². The molecule has 0 radical (unpaired) electrons. The Morgan fingerprint density at radius 3 is 2.50 bits per heavy atom. The third kappa shape index (κ3) is 3.55. The Morgan fingerprint density at radius 2 is 1.79 bits per heavy atom. The monoisotopic (exact) mass is 374 g/mol. The number of nitro benzene ring substituents is 1. The van der Waals surface area contributed by atoms with Gasteiger partial charge < -0.3 is 9.42 Å². The summed E-state index contributed by atoms with van der Waals surface area (Å²) in [5.41, 5.74) is 1.78. The van der Waals surface area contributed by atoms with Crippen molar-refractivity contribution in [3.05, 3.63) is 82.7 Å². The highest BCUT2D eigenvalue weighted by atomic mass is 16.6. The molecule has 3 aromatic carbocycles. The second-order valence-corrected chi connectivity index (χ2v) is 6.36. The van der Waals surface area contributed by atoms with Gasteiger partial charge in [0.1, 0.15) is 0 Å². The zero-order valence-electron chi connectivity index (χ0n) is 15.3. The lowest BCUT2D eigenvalue weighted by molar-refractivity contribution is -0.384. The van der Waals surface area contributed by atoms with Crippen LogP contribution in [0, 0.1) is 10.1 Å². The molecule has 0 unspecified atom stereocenters. The maximum Gasteiger partial charge on any atom is 0.269 e. The molecule has 1 aromatic heterocycles. The van der Waals surface area contributed by atoms with E-state index in [-0.39, 0.29) is 5.69 Å². The lowest BCUT2D eigenvalue weighted by atomic mass is 10.1. The van der Waals surface area contributed by atoms with E-state index in [0.717, 1.165) is 12.2 Å². The van der Waals surface area contributed by atoms with Crippen molar-refractivity contribution in [1.29, 1.82) is 0 Å². The number of non-ortho nitro benzene ring substituents is 1. The molecule has 7 nitrogen and oxygen atoms in total. The first-order valence-corrected chi connectivity index (χ1v) is 8.95. The molecule has 0 aliphatic rings. The fourth-order valence-electron chi connectivity index (χ4n) is 3.09. The Morgan fingerprint density at radius 1 is 1.04 bits per heavy atom. The normalized spacial score (nSPS) is 10.9. The van der Waals surface area contributed by atoms with Crippen molar-refractivity contribution in [2.24, 2.45) is 0 Å². The highest BCUT2D eigenvalue weighted by molar-refractivity contribution is 5.85. The molecule has 0 saturated carbocycles. The van der Waals surface area contributed by atoms with Crippen molar-refractivity contribution in [1.82, 2.24) is 10.1 Å². The van der Waals surface area contributed by atoms with Crippen LogP contribution in [-0.4, -0.2) is 21.6 Å². The summed E-state index contributed by atoms with van der Waals surface area (Å²) in [6, 6.07) is 20.7. The van der Waals surface area contributed by atoms with E-state index in [9.17, 15) is 10.1 Å². The van der Waals surface area contributed by atoms with Crippen LogP contribution in [-0.2, 0) is 6.54 Å². The Bertz CT molecular complexity index is 1120. The van der Waals surface area contributed by atoms with Crippen LogP contribution < -0.4 is 4.90 Å². The van der Waals surface area contributed by atoms with E-state index in [4.69, 9.17) is 4.52 Å². The molecule has 0 atom stereocenters. The third-order valence-electron chi connectivity index (χ3n) is 4.61. The van der Waals surface area contributed by atoms with Crippen molar-refractivity contribution in [2.45, 2.75) is 13.5 Å². The van der Waals surface area contributed by atoms with E-state index in [1.165, 1.54) is 22.9 Å². The van der Waals surface area contributed by atoms with Gasteiger partial charge >= 0.3 is 0 Å². The minimum absolute atomic E-state index is 0.0286. The number of aromatic nitrogens is 2. The Balaban J connectivity index is 1.54. The van der Waals surface area contributed by atoms with E-state index in [1.807, 2.05) is 12.1 Å². The third-order valence-corrected chi connectivity index (χ3v) is 4.61. The second kappa shape index (κ2) is 7.48. The molecule has 4 rings (SSSR count). The summed E-state index contributed by atoms with van der Waals surface area (Å²) in [4.78, 5) is 16.9. The van der Waals surface area contributed by atoms with Gasteiger partial charge in [-0.1, -0.05) is 35.5 Å². The van der Waals surface area contributed by atoms with E-state index in [0.29, 0.717) is 23.8 Å². The number of benzene rings is 3. The van der Waals surface area contributed by atoms with Gasteiger partial charge in [-0.3, -0.25) is 10.1 Å². The van der Waals surface area contributed by atoms with Gasteiger partial charge in [0.25, 0.3) is 5.69 Å². The molecule has 28 heavy (non-hydrogen) atoms. The molecule has 0 aliphatic carbocycles. The first-order chi connectivity index (χ1) is 13.6. The van der Waals surface area contributed by atoms with Gasteiger partial charge in [0.2, 0.25) is 11.7 Å². The lowest BCUT2D eigenvalue weighted by Gasteiger charge is -2.21. The number of rotatable bonds is 6. The number of fused-ring (bicyclic) bond motifs is 1. The minimum atomic E-state index is -0.436. The Hall–Kier alpha value is -3.74. The van der Waals surface area contributed by atoms with E-state index in [1.54, 1.807) is 12.1 Å². The molecule has 0 amide bonds. The Labute approximate surface area is 161 Å². The number of hydrogen-bond acceptors (Lipinski definition) is 6. The van der Waals surface area contributed by atoms with Crippen LogP contribution in [0.2, 0.25) is 0 Å². The summed E-state index contributed by atoms with van der Waals surface area (Å²) in [7, 11) is 0. The zero-order valence-corrected chi connectivity index (χ0v) is 15.3. The molecule has 7 heteroatoms. The molecule has 0 spiro atoms. The average Bonchev–Trinajstić information content (AvgIpc) is 3.20. The Kier molecular flexibility index (Phi) is 4.72. The van der Waals surface area contributed by atoms with Crippen molar-refractivity contribution in [3.8, 4) is 11.4 Å². The second-order valence-electron chi connectivity index (χ2n) is 6.36. The number of nitro groups is 1. The topological polar surface area (TPSA) is 85.3 Å². The van der Waals surface area contributed by atoms with Crippen LogP contribution in [0.4, 0.5) is 11.4 Å².